The predicted molar refractivity (Wildman–Crippen MR) is 85.2 cm³/mol. The van der Waals surface area contributed by atoms with Crippen molar-refractivity contribution in [3.63, 3.8) is 0 Å². The fraction of sp³-hybridized carbons (Fsp3) is 0.600. The summed E-state index contributed by atoms with van der Waals surface area (Å²) in [5, 5.41) is 8.03. The highest BCUT2D eigenvalue weighted by molar-refractivity contribution is 5.99. The van der Waals surface area contributed by atoms with Crippen LogP contribution in [-0.4, -0.2) is 57.5 Å². The molecule has 1 amide bonds. The molecule has 1 saturated heterocycles. The van der Waals surface area contributed by atoms with Crippen LogP contribution in [-0.2, 0) is 23.1 Å². The normalized spacial score (nSPS) is 19.5. The molecule has 2 unspecified atom stereocenters. The Labute approximate surface area is 140 Å². The van der Waals surface area contributed by atoms with Crippen LogP contribution in [0.15, 0.2) is 16.9 Å². The average Bonchev–Trinajstić information content (AvgIpc) is 3.26. The molecule has 0 aromatic carbocycles. The fourth-order valence-electron chi connectivity index (χ4n) is 2.80. The summed E-state index contributed by atoms with van der Waals surface area (Å²) in [6.45, 7) is 2.95. The Kier molecular flexibility index (Phi) is 4.63. The summed E-state index contributed by atoms with van der Waals surface area (Å²) in [5.74, 6) is 1.05. The molecular weight excluding hydrogens is 312 g/mol. The van der Waals surface area contributed by atoms with E-state index >= 15 is 0 Å². The van der Waals surface area contributed by atoms with Crippen LogP contribution < -0.4 is 4.90 Å². The highest BCUT2D eigenvalue weighted by Gasteiger charge is 2.36. The second-order valence-corrected chi connectivity index (χ2v) is 6.01. The van der Waals surface area contributed by atoms with Gasteiger partial charge in [0.1, 0.15) is 6.10 Å². The van der Waals surface area contributed by atoms with Crippen molar-refractivity contribution in [2.45, 2.75) is 32.0 Å². The van der Waals surface area contributed by atoms with E-state index in [2.05, 4.69) is 15.2 Å². The van der Waals surface area contributed by atoms with E-state index in [4.69, 9.17) is 9.26 Å². The van der Waals surface area contributed by atoms with Gasteiger partial charge in [0, 0.05) is 26.9 Å². The van der Waals surface area contributed by atoms with Crippen LogP contribution in [0, 0.1) is 0 Å². The lowest BCUT2D eigenvalue weighted by Gasteiger charge is -2.21. The Bertz CT molecular complexity index is 712. The maximum absolute atomic E-state index is 12.7. The molecule has 0 radical (unpaired) electrons. The van der Waals surface area contributed by atoms with Crippen molar-refractivity contribution in [3.05, 3.63) is 24.1 Å². The van der Waals surface area contributed by atoms with Gasteiger partial charge in [-0.1, -0.05) is 5.16 Å². The maximum Gasteiger partial charge on any atom is 0.244 e. The van der Waals surface area contributed by atoms with Crippen molar-refractivity contribution in [2.75, 3.05) is 25.6 Å². The van der Waals surface area contributed by atoms with E-state index in [1.165, 1.54) is 0 Å². The van der Waals surface area contributed by atoms with Crippen molar-refractivity contribution in [1.29, 1.82) is 0 Å². The largest absolute Gasteiger partial charge is 0.374 e. The quantitative estimate of drug-likeness (QED) is 0.770. The number of aryl methyl sites for hydroxylation is 1. The lowest BCUT2D eigenvalue weighted by atomic mass is 10.2. The number of amides is 1. The third-order valence-corrected chi connectivity index (χ3v) is 4.30. The van der Waals surface area contributed by atoms with Crippen LogP contribution in [0.3, 0.4) is 0 Å². The zero-order valence-corrected chi connectivity index (χ0v) is 14.3. The highest BCUT2D eigenvalue weighted by Crippen LogP contribution is 2.24. The summed E-state index contributed by atoms with van der Waals surface area (Å²) in [4.78, 5) is 20.7. The van der Waals surface area contributed by atoms with E-state index in [-0.39, 0.29) is 18.1 Å². The number of nitrogens with zero attached hydrogens (tertiary/aromatic N) is 6. The number of aromatic nitrogens is 4. The second kappa shape index (κ2) is 6.70. The first-order valence-corrected chi connectivity index (χ1v) is 7.85. The first-order chi connectivity index (χ1) is 11.5. The van der Waals surface area contributed by atoms with Crippen LogP contribution in [0.2, 0.25) is 0 Å². The molecule has 0 aliphatic carbocycles. The number of rotatable bonds is 6. The van der Waals surface area contributed by atoms with E-state index in [1.807, 2.05) is 32.1 Å². The Morgan fingerprint density at radius 1 is 1.54 bits per heavy atom. The highest BCUT2D eigenvalue weighted by atomic mass is 16.5. The molecule has 1 fully saturated rings. The standard InChI is InChI=1S/C15H22N6O3/c1-10(23-4)14-17-13(24-18-14)9-19(2)12-5-6-21(15(12)22)11-7-16-20(3)8-11/h7-8,10,12H,5-6,9H2,1-4H3. The van der Waals surface area contributed by atoms with Gasteiger partial charge in [-0.15, -0.1) is 0 Å². The molecule has 130 valence electrons. The Morgan fingerprint density at radius 2 is 2.33 bits per heavy atom. The topological polar surface area (TPSA) is 89.5 Å². The van der Waals surface area contributed by atoms with Gasteiger partial charge in [0.2, 0.25) is 11.8 Å². The second-order valence-electron chi connectivity index (χ2n) is 6.01. The lowest BCUT2D eigenvalue weighted by Crippen LogP contribution is -2.39. The van der Waals surface area contributed by atoms with Gasteiger partial charge >= 0.3 is 0 Å². The smallest absolute Gasteiger partial charge is 0.244 e. The molecule has 0 spiro atoms. The molecule has 2 aromatic rings. The number of likely N-dealkylation sites (N-methyl/N-ethyl adjacent to an activating group) is 1. The molecular formula is C15H22N6O3. The van der Waals surface area contributed by atoms with E-state index in [1.54, 1.807) is 22.9 Å². The minimum absolute atomic E-state index is 0.0653. The minimum Gasteiger partial charge on any atom is -0.374 e. The molecule has 0 saturated carbocycles. The molecule has 0 N–H and O–H groups in total. The Morgan fingerprint density at radius 3 is 3.00 bits per heavy atom. The van der Waals surface area contributed by atoms with Gasteiger partial charge < -0.3 is 14.2 Å². The SMILES string of the molecule is COC(C)c1noc(CN(C)C2CCN(c3cnn(C)c3)C2=O)n1. The van der Waals surface area contributed by atoms with E-state index in [0.29, 0.717) is 24.8 Å². The average molecular weight is 334 g/mol. The van der Waals surface area contributed by atoms with Gasteiger partial charge in [0.15, 0.2) is 5.82 Å². The van der Waals surface area contributed by atoms with Gasteiger partial charge in [-0.25, -0.2) is 0 Å². The van der Waals surface area contributed by atoms with Crippen molar-refractivity contribution in [3.8, 4) is 0 Å². The molecule has 2 atom stereocenters. The lowest BCUT2D eigenvalue weighted by molar-refractivity contribution is -0.121. The number of ether oxygens (including phenoxy) is 1. The monoisotopic (exact) mass is 334 g/mol. The van der Waals surface area contributed by atoms with Crippen molar-refractivity contribution >= 4 is 11.6 Å². The van der Waals surface area contributed by atoms with Crippen molar-refractivity contribution in [1.82, 2.24) is 24.8 Å². The first kappa shape index (κ1) is 16.6. The zero-order chi connectivity index (χ0) is 17.3. The summed E-state index contributed by atoms with van der Waals surface area (Å²) < 4.78 is 12.1. The van der Waals surface area contributed by atoms with E-state index in [9.17, 15) is 4.79 Å². The van der Waals surface area contributed by atoms with Crippen molar-refractivity contribution < 1.29 is 14.1 Å². The summed E-state index contributed by atoms with van der Waals surface area (Å²) in [6.07, 6.45) is 4.08. The van der Waals surface area contributed by atoms with Gasteiger partial charge in [-0.05, 0) is 20.4 Å². The third kappa shape index (κ3) is 3.17. The molecule has 9 nitrogen and oxygen atoms in total. The molecule has 3 rings (SSSR count). The third-order valence-electron chi connectivity index (χ3n) is 4.30. The number of carbonyl (C=O) groups excluding carboxylic acids is 1. The van der Waals surface area contributed by atoms with Crippen LogP contribution in [0.5, 0.6) is 0 Å². The summed E-state index contributed by atoms with van der Waals surface area (Å²) in [7, 11) is 5.32. The van der Waals surface area contributed by atoms with E-state index < -0.39 is 0 Å². The Hall–Kier alpha value is -2.26. The number of hydrogen-bond acceptors (Lipinski definition) is 7. The zero-order valence-electron chi connectivity index (χ0n) is 14.3. The minimum atomic E-state index is -0.220. The molecule has 1 aliphatic rings. The molecule has 2 aromatic heterocycles. The molecule has 1 aliphatic heterocycles. The number of carbonyl (C=O) groups is 1. The van der Waals surface area contributed by atoms with Crippen LogP contribution >= 0.6 is 0 Å². The first-order valence-electron chi connectivity index (χ1n) is 7.85. The van der Waals surface area contributed by atoms with Gasteiger partial charge in [-0.3, -0.25) is 14.4 Å². The van der Waals surface area contributed by atoms with Gasteiger partial charge in [-0.2, -0.15) is 10.1 Å². The number of anilines is 1. The Balaban J connectivity index is 1.64. The summed E-state index contributed by atoms with van der Waals surface area (Å²) in [5.41, 5.74) is 0.826. The maximum atomic E-state index is 12.7. The number of methoxy groups -OCH3 is 1. The summed E-state index contributed by atoms with van der Waals surface area (Å²) >= 11 is 0. The molecule has 3 heterocycles. The summed E-state index contributed by atoms with van der Waals surface area (Å²) in [6, 6.07) is -0.208. The fourth-order valence-corrected chi connectivity index (χ4v) is 2.80. The molecule has 0 bridgehead atoms. The van der Waals surface area contributed by atoms with E-state index in [0.717, 1.165) is 12.1 Å². The molecule has 24 heavy (non-hydrogen) atoms. The van der Waals surface area contributed by atoms with Crippen LogP contribution in [0.25, 0.3) is 0 Å². The predicted octanol–water partition coefficient (Wildman–Crippen LogP) is 0.748. The van der Waals surface area contributed by atoms with Crippen LogP contribution in [0.4, 0.5) is 5.69 Å². The van der Waals surface area contributed by atoms with Crippen LogP contribution in [0.1, 0.15) is 31.2 Å². The number of hydrogen-bond donors (Lipinski definition) is 0. The molecule has 9 heteroatoms. The van der Waals surface area contributed by atoms with Crippen molar-refractivity contribution in [2.24, 2.45) is 7.05 Å². The van der Waals surface area contributed by atoms with Gasteiger partial charge in [0.05, 0.1) is 24.5 Å². The van der Waals surface area contributed by atoms with Gasteiger partial charge in [0.25, 0.3) is 0 Å².